The largest absolute Gasteiger partial charge is 0.383 e. The molecule has 0 atom stereocenters. The van der Waals surface area contributed by atoms with Gasteiger partial charge in [0.05, 0.1) is 6.61 Å². The number of aryl methyl sites for hydroxylation is 1. The fraction of sp³-hybridized carbons (Fsp3) is 0.429. The van der Waals surface area contributed by atoms with Crippen molar-refractivity contribution in [2.45, 2.75) is 12.8 Å². The number of rotatable bonds is 8. The fourth-order valence-electron chi connectivity index (χ4n) is 1.81. The molecule has 114 valence electrons. The van der Waals surface area contributed by atoms with Crippen LogP contribution in [0.5, 0.6) is 0 Å². The van der Waals surface area contributed by atoms with E-state index in [0.29, 0.717) is 17.2 Å². The average molecular weight is 313 g/mol. The number of hydrogen-bond acceptors (Lipinski definition) is 5. The first-order valence-electron chi connectivity index (χ1n) is 6.67. The monoisotopic (exact) mass is 313 g/mol. The average Bonchev–Trinajstić information content (AvgIpc) is 2.90. The first-order valence-corrected chi connectivity index (χ1v) is 7.49. The topological polar surface area (TPSA) is 47.0 Å². The molecule has 0 amide bonds. The Morgan fingerprint density at radius 2 is 1.90 bits per heavy atom. The zero-order chi connectivity index (χ0) is 15.1. The number of ether oxygens (including phenoxy) is 1. The SMILES string of the molecule is COCCNCCCc1nnc(-c2cc(F)cc(F)c2)s1. The highest BCUT2D eigenvalue weighted by molar-refractivity contribution is 7.14. The maximum absolute atomic E-state index is 13.2. The molecule has 1 aromatic carbocycles. The second kappa shape index (κ2) is 8.11. The minimum absolute atomic E-state index is 0.425. The first-order chi connectivity index (χ1) is 10.2. The number of methoxy groups -OCH3 is 1. The normalized spacial score (nSPS) is 11.0. The molecule has 2 aromatic rings. The van der Waals surface area contributed by atoms with Crippen molar-refractivity contribution in [1.29, 1.82) is 0 Å². The van der Waals surface area contributed by atoms with Crippen LogP contribution in [0.1, 0.15) is 11.4 Å². The van der Waals surface area contributed by atoms with E-state index >= 15 is 0 Å². The van der Waals surface area contributed by atoms with E-state index in [2.05, 4.69) is 15.5 Å². The van der Waals surface area contributed by atoms with Crippen molar-refractivity contribution in [3.05, 3.63) is 34.8 Å². The summed E-state index contributed by atoms with van der Waals surface area (Å²) in [6.45, 7) is 2.38. The molecule has 1 N–H and O–H groups in total. The molecule has 0 aliphatic carbocycles. The molecule has 0 spiro atoms. The highest BCUT2D eigenvalue weighted by Gasteiger charge is 2.09. The van der Waals surface area contributed by atoms with Gasteiger partial charge in [0.1, 0.15) is 21.6 Å². The molecule has 4 nitrogen and oxygen atoms in total. The van der Waals surface area contributed by atoms with Gasteiger partial charge >= 0.3 is 0 Å². The van der Waals surface area contributed by atoms with Crippen molar-refractivity contribution in [3.8, 4) is 10.6 Å². The summed E-state index contributed by atoms with van der Waals surface area (Å²) in [4.78, 5) is 0. The molecule has 0 unspecified atom stereocenters. The van der Waals surface area contributed by atoms with Crippen molar-refractivity contribution in [2.24, 2.45) is 0 Å². The summed E-state index contributed by atoms with van der Waals surface area (Å²) in [7, 11) is 1.67. The van der Waals surface area contributed by atoms with E-state index in [1.807, 2.05) is 0 Å². The lowest BCUT2D eigenvalue weighted by Crippen LogP contribution is -2.20. The lowest BCUT2D eigenvalue weighted by Gasteiger charge is -2.01. The third-order valence-corrected chi connectivity index (χ3v) is 3.84. The van der Waals surface area contributed by atoms with Crippen LogP contribution in [-0.4, -0.2) is 37.0 Å². The Kier molecular flexibility index (Phi) is 6.16. The smallest absolute Gasteiger partial charge is 0.148 e. The van der Waals surface area contributed by atoms with Gasteiger partial charge in [0.15, 0.2) is 0 Å². The van der Waals surface area contributed by atoms with Gasteiger partial charge in [0, 0.05) is 31.7 Å². The molecule has 0 aliphatic heterocycles. The molecule has 0 saturated heterocycles. The van der Waals surface area contributed by atoms with Crippen LogP contribution >= 0.6 is 11.3 Å². The van der Waals surface area contributed by atoms with Crippen molar-refractivity contribution in [2.75, 3.05) is 26.8 Å². The number of hydrogen-bond donors (Lipinski definition) is 1. The van der Waals surface area contributed by atoms with Gasteiger partial charge in [-0.2, -0.15) is 0 Å². The second-order valence-electron chi connectivity index (χ2n) is 4.51. The third-order valence-electron chi connectivity index (χ3n) is 2.80. The summed E-state index contributed by atoms with van der Waals surface area (Å²) in [5, 5.41) is 12.7. The van der Waals surface area contributed by atoms with E-state index in [-0.39, 0.29) is 0 Å². The predicted molar refractivity (Wildman–Crippen MR) is 78.3 cm³/mol. The molecule has 1 heterocycles. The minimum atomic E-state index is -0.607. The maximum atomic E-state index is 13.2. The number of nitrogens with zero attached hydrogens (tertiary/aromatic N) is 2. The first kappa shape index (κ1) is 15.9. The zero-order valence-electron chi connectivity index (χ0n) is 11.7. The molecule has 7 heteroatoms. The van der Waals surface area contributed by atoms with Crippen molar-refractivity contribution >= 4 is 11.3 Å². The van der Waals surface area contributed by atoms with Crippen LogP contribution in [0.15, 0.2) is 18.2 Å². The van der Waals surface area contributed by atoms with E-state index in [1.165, 1.54) is 23.5 Å². The third kappa shape index (κ3) is 5.11. The molecular weight excluding hydrogens is 296 g/mol. The summed E-state index contributed by atoms with van der Waals surface area (Å²) in [6, 6.07) is 3.37. The van der Waals surface area contributed by atoms with Crippen LogP contribution in [0.3, 0.4) is 0 Å². The van der Waals surface area contributed by atoms with Crippen molar-refractivity contribution in [3.63, 3.8) is 0 Å². The number of nitrogens with one attached hydrogen (secondary N) is 1. The summed E-state index contributed by atoms with van der Waals surface area (Å²) < 4.78 is 31.3. The van der Waals surface area contributed by atoms with Crippen LogP contribution in [0.2, 0.25) is 0 Å². The Hall–Kier alpha value is -1.44. The molecule has 0 bridgehead atoms. The molecule has 0 fully saturated rings. The highest BCUT2D eigenvalue weighted by Crippen LogP contribution is 2.25. The van der Waals surface area contributed by atoms with Gasteiger partial charge in [0.25, 0.3) is 0 Å². The quantitative estimate of drug-likeness (QED) is 0.761. The van der Waals surface area contributed by atoms with E-state index in [9.17, 15) is 8.78 Å². The molecule has 21 heavy (non-hydrogen) atoms. The molecule has 0 aliphatic rings. The number of aromatic nitrogens is 2. The van der Waals surface area contributed by atoms with Crippen molar-refractivity contribution in [1.82, 2.24) is 15.5 Å². The van der Waals surface area contributed by atoms with Crippen LogP contribution in [-0.2, 0) is 11.2 Å². The zero-order valence-corrected chi connectivity index (χ0v) is 12.6. The van der Waals surface area contributed by atoms with Gasteiger partial charge in [-0.3, -0.25) is 0 Å². The molecular formula is C14H17F2N3OS. The highest BCUT2D eigenvalue weighted by atomic mass is 32.1. The molecule has 0 saturated carbocycles. The van der Waals surface area contributed by atoms with Gasteiger partial charge in [-0.25, -0.2) is 8.78 Å². The molecule has 2 rings (SSSR count). The van der Waals surface area contributed by atoms with Gasteiger partial charge in [0.2, 0.25) is 0 Å². The maximum Gasteiger partial charge on any atom is 0.148 e. The van der Waals surface area contributed by atoms with Crippen LogP contribution in [0.25, 0.3) is 10.6 Å². The molecule has 0 radical (unpaired) electrons. The lowest BCUT2D eigenvalue weighted by molar-refractivity contribution is 0.199. The summed E-state index contributed by atoms with van der Waals surface area (Å²) in [6.07, 6.45) is 1.71. The van der Waals surface area contributed by atoms with E-state index in [1.54, 1.807) is 7.11 Å². The standard InChI is InChI=1S/C14H17F2N3OS/c1-20-6-5-17-4-2-3-13-18-19-14(21-13)10-7-11(15)9-12(16)8-10/h7-9,17H,2-6H2,1H3. The second-order valence-corrected chi connectivity index (χ2v) is 5.57. The van der Waals surface area contributed by atoms with Crippen LogP contribution in [0.4, 0.5) is 8.78 Å². The minimum Gasteiger partial charge on any atom is -0.383 e. The number of benzene rings is 1. The summed E-state index contributed by atoms with van der Waals surface area (Å²) in [5.41, 5.74) is 0.425. The Bertz CT molecular complexity index is 557. The Balaban J connectivity index is 1.86. The van der Waals surface area contributed by atoms with Gasteiger partial charge < -0.3 is 10.1 Å². The van der Waals surface area contributed by atoms with Gasteiger partial charge in [-0.15, -0.1) is 10.2 Å². The van der Waals surface area contributed by atoms with E-state index in [0.717, 1.165) is 37.0 Å². The van der Waals surface area contributed by atoms with E-state index in [4.69, 9.17) is 4.74 Å². The Labute approximate surface area is 126 Å². The predicted octanol–water partition coefficient (Wildman–Crippen LogP) is 2.65. The lowest BCUT2D eigenvalue weighted by atomic mass is 10.2. The number of halogens is 2. The van der Waals surface area contributed by atoms with Crippen LogP contribution < -0.4 is 5.32 Å². The fourth-order valence-corrected chi connectivity index (χ4v) is 2.68. The van der Waals surface area contributed by atoms with Crippen LogP contribution in [0, 0.1) is 11.6 Å². The van der Waals surface area contributed by atoms with Crippen molar-refractivity contribution < 1.29 is 13.5 Å². The van der Waals surface area contributed by atoms with Gasteiger partial charge in [-0.1, -0.05) is 11.3 Å². The van der Waals surface area contributed by atoms with Gasteiger partial charge in [-0.05, 0) is 25.1 Å². The Morgan fingerprint density at radius 1 is 1.14 bits per heavy atom. The molecule has 1 aromatic heterocycles. The summed E-state index contributed by atoms with van der Waals surface area (Å²) in [5.74, 6) is -1.21. The van der Waals surface area contributed by atoms with E-state index < -0.39 is 11.6 Å². The Morgan fingerprint density at radius 3 is 2.62 bits per heavy atom. The summed E-state index contributed by atoms with van der Waals surface area (Å²) >= 11 is 1.36.